The second-order valence-electron chi connectivity index (χ2n) is 6.82. The minimum atomic E-state index is -1.85. The Morgan fingerprint density at radius 1 is 1.28 bits per heavy atom. The molecular formula is C19H21FN4O. The number of imidazole rings is 1. The van der Waals surface area contributed by atoms with Gasteiger partial charge in [-0.25, -0.2) is 9.37 Å². The number of piperidine rings is 1. The molecule has 1 amide bonds. The fourth-order valence-electron chi connectivity index (χ4n) is 3.28. The summed E-state index contributed by atoms with van der Waals surface area (Å²) in [6.45, 7) is 3.55. The standard InChI is InChI=1S/C19H21FN4O/c1-19(2,20)18(25)23-10-8-15(9-11-23)24-13-22-17(16(24)12-21)14-6-4-3-5-7-14/h3-7,13,15H,8-11H2,1-2H3. The summed E-state index contributed by atoms with van der Waals surface area (Å²) < 4.78 is 15.7. The Bertz CT molecular complexity index is 793. The lowest BCUT2D eigenvalue weighted by molar-refractivity contribution is -0.143. The number of nitrogens with zero attached hydrogens (tertiary/aromatic N) is 4. The molecule has 1 aromatic heterocycles. The van der Waals surface area contributed by atoms with E-state index in [9.17, 15) is 14.4 Å². The molecule has 0 saturated carbocycles. The second-order valence-corrected chi connectivity index (χ2v) is 6.82. The van der Waals surface area contributed by atoms with Gasteiger partial charge in [-0.2, -0.15) is 5.26 Å². The first-order valence-corrected chi connectivity index (χ1v) is 8.42. The smallest absolute Gasteiger partial charge is 0.259 e. The van der Waals surface area contributed by atoms with Crippen LogP contribution in [0.15, 0.2) is 36.7 Å². The lowest BCUT2D eigenvalue weighted by Crippen LogP contribution is -2.46. The van der Waals surface area contributed by atoms with Crippen LogP contribution in [-0.2, 0) is 4.79 Å². The molecule has 130 valence electrons. The van der Waals surface area contributed by atoms with Crippen molar-refractivity contribution in [2.75, 3.05) is 13.1 Å². The van der Waals surface area contributed by atoms with Gasteiger partial charge in [-0.15, -0.1) is 0 Å². The number of alkyl halides is 1. The zero-order valence-electron chi connectivity index (χ0n) is 14.4. The van der Waals surface area contributed by atoms with E-state index in [2.05, 4.69) is 11.1 Å². The summed E-state index contributed by atoms with van der Waals surface area (Å²) in [5.74, 6) is -0.470. The fourth-order valence-corrected chi connectivity index (χ4v) is 3.28. The summed E-state index contributed by atoms with van der Waals surface area (Å²) in [6, 6.07) is 12.0. The predicted octanol–water partition coefficient (Wildman–Crippen LogP) is 3.33. The highest BCUT2D eigenvalue weighted by Gasteiger charge is 2.34. The summed E-state index contributed by atoms with van der Waals surface area (Å²) in [4.78, 5) is 18.0. The largest absolute Gasteiger partial charge is 0.340 e. The number of hydrogen-bond donors (Lipinski definition) is 0. The van der Waals surface area contributed by atoms with E-state index in [1.807, 2.05) is 34.9 Å². The normalized spacial score (nSPS) is 15.8. The van der Waals surface area contributed by atoms with Gasteiger partial charge in [0.25, 0.3) is 5.91 Å². The van der Waals surface area contributed by atoms with Crippen LogP contribution in [-0.4, -0.2) is 39.1 Å². The van der Waals surface area contributed by atoms with Gasteiger partial charge in [-0.05, 0) is 26.7 Å². The van der Waals surface area contributed by atoms with Crippen LogP contribution in [0.5, 0.6) is 0 Å². The van der Waals surface area contributed by atoms with Gasteiger partial charge in [-0.3, -0.25) is 4.79 Å². The average molecular weight is 340 g/mol. The van der Waals surface area contributed by atoms with Crippen molar-refractivity contribution < 1.29 is 9.18 Å². The number of halogens is 1. The molecule has 1 aromatic carbocycles. The van der Waals surface area contributed by atoms with Crippen molar-refractivity contribution in [3.05, 3.63) is 42.4 Å². The summed E-state index contributed by atoms with van der Waals surface area (Å²) >= 11 is 0. The first-order chi connectivity index (χ1) is 11.9. The minimum absolute atomic E-state index is 0.0892. The number of rotatable bonds is 3. The van der Waals surface area contributed by atoms with Crippen LogP contribution in [0, 0.1) is 11.3 Å². The number of aromatic nitrogens is 2. The van der Waals surface area contributed by atoms with Crippen molar-refractivity contribution >= 4 is 5.91 Å². The molecule has 5 nitrogen and oxygen atoms in total. The Kier molecular flexibility index (Phi) is 4.58. The summed E-state index contributed by atoms with van der Waals surface area (Å²) in [7, 11) is 0. The van der Waals surface area contributed by atoms with Crippen LogP contribution in [0.2, 0.25) is 0 Å². The molecule has 3 rings (SSSR count). The minimum Gasteiger partial charge on any atom is -0.340 e. The van der Waals surface area contributed by atoms with E-state index in [0.717, 1.165) is 5.56 Å². The lowest BCUT2D eigenvalue weighted by Gasteiger charge is -2.35. The summed E-state index contributed by atoms with van der Waals surface area (Å²) in [5, 5.41) is 9.60. The van der Waals surface area contributed by atoms with Crippen molar-refractivity contribution in [1.82, 2.24) is 14.5 Å². The number of carbonyl (C=O) groups is 1. The Labute approximate surface area is 146 Å². The highest BCUT2D eigenvalue weighted by Crippen LogP contribution is 2.29. The van der Waals surface area contributed by atoms with Gasteiger partial charge in [0.1, 0.15) is 17.5 Å². The third-order valence-electron chi connectivity index (χ3n) is 4.60. The molecule has 0 N–H and O–H groups in total. The van der Waals surface area contributed by atoms with Gasteiger partial charge in [0.2, 0.25) is 0 Å². The topological polar surface area (TPSA) is 61.9 Å². The van der Waals surface area contributed by atoms with E-state index in [-0.39, 0.29) is 6.04 Å². The van der Waals surface area contributed by atoms with Crippen LogP contribution in [0.4, 0.5) is 4.39 Å². The number of hydrogen-bond acceptors (Lipinski definition) is 3. The van der Waals surface area contributed by atoms with Crippen molar-refractivity contribution in [2.24, 2.45) is 0 Å². The van der Waals surface area contributed by atoms with Crippen molar-refractivity contribution in [1.29, 1.82) is 5.26 Å². The summed E-state index contributed by atoms with van der Waals surface area (Å²) in [5.41, 5.74) is 0.262. The molecule has 2 aromatic rings. The Morgan fingerprint density at radius 2 is 1.92 bits per heavy atom. The molecular weight excluding hydrogens is 319 g/mol. The van der Waals surface area contributed by atoms with Gasteiger partial charge >= 0.3 is 0 Å². The van der Waals surface area contributed by atoms with Crippen LogP contribution in [0.1, 0.15) is 38.4 Å². The maximum atomic E-state index is 13.8. The molecule has 25 heavy (non-hydrogen) atoms. The van der Waals surface area contributed by atoms with Gasteiger partial charge in [0.15, 0.2) is 5.67 Å². The zero-order valence-corrected chi connectivity index (χ0v) is 14.4. The van der Waals surface area contributed by atoms with Gasteiger partial charge < -0.3 is 9.47 Å². The Hall–Kier alpha value is -2.68. The third-order valence-corrected chi connectivity index (χ3v) is 4.60. The molecule has 0 atom stereocenters. The maximum absolute atomic E-state index is 13.8. The van der Waals surface area contributed by atoms with E-state index in [4.69, 9.17) is 0 Å². The van der Waals surface area contributed by atoms with E-state index in [1.54, 1.807) is 11.2 Å². The van der Waals surface area contributed by atoms with E-state index in [1.165, 1.54) is 13.8 Å². The first-order valence-electron chi connectivity index (χ1n) is 8.42. The maximum Gasteiger partial charge on any atom is 0.259 e. The highest BCUT2D eigenvalue weighted by molar-refractivity contribution is 5.84. The molecule has 0 bridgehead atoms. The molecule has 1 aliphatic rings. The lowest BCUT2D eigenvalue weighted by atomic mass is 10.0. The zero-order chi connectivity index (χ0) is 18.0. The molecule has 1 aliphatic heterocycles. The Morgan fingerprint density at radius 3 is 2.48 bits per heavy atom. The van der Waals surface area contributed by atoms with Gasteiger partial charge in [-0.1, -0.05) is 30.3 Å². The van der Waals surface area contributed by atoms with Gasteiger partial charge in [0.05, 0.1) is 6.33 Å². The number of nitriles is 1. The third kappa shape index (κ3) is 3.41. The molecule has 1 saturated heterocycles. The van der Waals surface area contributed by atoms with E-state index >= 15 is 0 Å². The number of likely N-dealkylation sites (tertiary alicyclic amines) is 1. The molecule has 1 fully saturated rings. The van der Waals surface area contributed by atoms with Gasteiger partial charge in [0, 0.05) is 24.7 Å². The molecule has 0 aliphatic carbocycles. The average Bonchev–Trinajstić information content (AvgIpc) is 3.05. The molecule has 2 heterocycles. The van der Waals surface area contributed by atoms with Crippen LogP contribution in [0.3, 0.4) is 0 Å². The van der Waals surface area contributed by atoms with Crippen LogP contribution >= 0.6 is 0 Å². The number of amides is 1. The van der Waals surface area contributed by atoms with Crippen molar-refractivity contribution in [3.63, 3.8) is 0 Å². The molecule has 0 unspecified atom stereocenters. The van der Waals surface area contributed by atoms with E-state index in [0.29, 0.717) is 37.3 Å². The van der Waals surface area contributed by atoms with E-state index < -0.39 is 11.6 Å². The molecule has 6 heteroatoms. The van der Waals surface area contributed by atoms with Crippen LogP contribution < -0.4 is 0 Å². The van der Waals surface area contributed by atoms with Crippen molar-refractivity contribution in [3.8, 4) is 17.3 Å². The monoisotopic (exact) mass is 340 g/mol. The summed E-state index contributed by atoms with van der Waals surface area (Å²) in [6.07, 6.45) is 3.06. The highest BCUT2D eigenvalue weighted by atomic mass is 19.1. The molecule has 0 spiro atoms. The Balaban J connectivity index is 1.78. The van der Waals surface area contributed by atoms with Crippen LogP contribution in [0.25, 0.3) is 11.3 Å². The number of benzene rings is 1. The predicted molar refractivity (Wildman–Crippen MR) is 92.4 cm³/mol. The second kappa shape index (κ2) is 6.67. The van der Waals surface area contributed by atoms with Crippen molar-refractivity contribution in [2.45, 2.75) is 38.4 Å². The molecule has 0 radical (unpaired) electrons. The number of carbonyl (C=O) groups excluding carboxylic acids is 1. The fraction of sp³-hybridized carbons (Fsp3) is 0.421. The quantitative estimate of drug-likeness (QED) is 0.861. The SMILES string of the molecule is CC(C)(F)C(=O)N1CCC(n2cnc(-c3ccccc3)c2C#N)CC1. The first kappa shape index (κ1) is 17.2.